The lowest BCUT2D eigenvalue weighted by Gasteiger charge is -2.23. The minimum absolute atomic E-state index is 0.0182. The van der Waals surface area contributed by atoms with Crippen molar-refractivity contribution in [1.29, 1.82) is 0 Å². The largest absolute Gasteiger partial charge is 0.377 e. The third kappa shape index (κ3) is 6.59. The average molecular weight is 383 g/mol. The zero-order chi connectivity index (χ0) is 19.2. The molecule has 8 heteroatoms. The number of ether oxygens (including phenoxy) is 1. The number of benzene rings is 1. The molecule has 146 valence electrons. The second-order valence-corrected chi connectivity index (χ2v) is 9.20. The summed E-state index contributed by atoms with van der Waals surface area (Å²) in [7, 11) is -1.79. The predicted molar refractivity (Wildman–Crippen MR) is 104 cm³/mol. The van der Waals surface area contributed by atoms with Crippen molar-refractivity contribution in [2.75, 3.05) is 20.2 Å². The van der Waals surface area contributed by atoms with Crippen LogP contribution in [0.1, 0.15) is 39.2 Å². The zero-order valence-corrected chi connectivity index (χ0v) is 16.8. The van der Waals surface area contributed by atoms with E-state index in [1.165, 1.54) is 0 Å². The molecule has 2 rings (SSSR count). The molecular weight excluding hydrogens is 352 g/mol. The molecule has 0 spiro atoms. The van der Waals surface area contributed by atoms with Gasteiger partial charge in [0.15, 0.2) is 5.96 Å². The highest BCUT2D eigenvalue weighted by molar-refractivity contribution is 7.89. The number of nitrogens with one attached hydrogen (secondary N) is 3. The Hall–Kier alpha value is -1.64. The normalized spacial score (nSPS) is 18.8. The number of nitrogens with zero attached hydrogens (tertiary/aromatic N) is 1. The van der Waals surface area contributed by atoms with E-state index in [0.717, 1.165) is 18.4 Å². The van der Waals surface area contributed by atoms with Crippen molar-refractivity contribution < 1.29 is 13.2 Å². The van der Waals surface area contributed by atoms with Gasteiger partial charge in [0.1, 0.15) is 0 Å². The van der Waals surface area contributed by atoms with E-state index in [9.17, 15) is 8.42 Å². The van der Waals surface area contributed by atoms with Crippen molar-refractivity contribution in [3.8, 4) is 0 Å². The SMILES string of the molecule is CN=C(NCc1ccc(S(=O)(=O)NCC2CCCO2)cc1)NC(C)(C)C. The zero-order valence-electron chi connectivity index (χ0n) is 16.0. The van der Waals surface area contributed by atoms with Crippen LogP contribution in [0.5, 0.6) is 0 Å². The number of rotatable bonds is 6. The Bertz CT molecular complexity index is 703. The summed E-state index contributed by atoms with van der Waals surface area (Å²) >= 11 is 0. The van der Waals surface area contributed by atoms with Crippen molar-refractivity contribution >= 4 is 16.0 Å². The molecule has 0 bridgehead atoms. The van der Waals surface area contributed by atoms with E-state index in [4.69, 9.17) is 4.74 Å². The maximum absolute atomic E-state index is 12.4. The fourth-order valence-electron chi connectivity index (χ4n) is 2.60. The monoisotopic (exact) mass is 382 g/mol. The summed E-state index contributed by atoms with van der Waals surface area (Å²) in [6, 6.07) is 6.85. The minimum atomic E-state index is -3.51. The van der Waals surface area contributed by atoms with Crippen molar-refractivity contribution in [2.24, 2.45) is 4.99 Å². The van der Waals surface area contributed by atoms with Crippen LogP contribution in [0.25, 0.3) is 0 Å². The quantitative estimate of drug-likeness (QED) is 0.514. The Balaban J connectivity index is 1.90. The van der Waals surface area contributed by atoms with Crippen LogP contribution in [0.4, 0.5) is 0 Å². The van der Waals surface area contributed by atoms with E-state index >= 15 is 0 Å². The molecule has 0 saturated carbocycles. The highest BCUT2D eigenvalue weighted by atomic mass is 32.2. The van der Waals surface area contributed by atoms with Crippen molar-refractivity contribution in [1.82, 2.24) is 15.4 Å². The summed E-state index contributed by atoms with van der Waals surface area (Å²) in [5.74, 6) is 0.701. The second kappa shape index (κ2) is 8.83. The van der Waals surface area contributed by atoms with E-state index in [2.05, 4.69) is 41.1 Å². The molecule has 1 heterocycles. The van der Waals surface area contributed by atoms with Crippen molar-refractivity contribution in [3.63, 3.8) is 0 Å². The lowest BCUT2D eigenvalue weighted by atomic mass is 10.1. The van der Waals surface area contributed by atoms with Gasteiger partial charge in [-0.25, -0.2) is 13.1 Å². The molecule has 0 aliphatic carbocycles. The fourth-order valence-corrected chi connectivity index (χ4v) is 3.66. The summed E-state index contributed by atoms with van der Waals surface area (Å²) < 4.78 is 32.8. The predicted octanol–water partition coefficient (Wildman–Crippen LogP) is 1.61. The molecule has 1 aromatic rings. The number of guanidine groups is 1. The maximum Gasteiger partial charge on any atom is 0.240 e. The summed E-state index contributed by atoms with van der Waals surface area (Å²) in [6.45, 7) is 7.76. The number of hydrogen-bond donors (Lipinski definition) is 3. The van der Waals surface area contributed by atoms with Crippen LogP contribution >= 0.6 is 0 Å². The first-order chi connectivity index (χ1) is 12.2. The van der Waals surface area contributed by atoms with Gasteiger partial charge in [0.2, 0.25) is 10.0 Å². The Morgan fingerprint density at radius 1 is 1.27 bits per heavy atom. The van der Waals surface area contributed by atoms with Gasteiger partial charge in [-0.2, -0.15) is 0 Å². The molecule has 3 N–H and O–H groups in total. The molecule has 0 amide bonds. The van der Waals surface area contributed by atoms with Crippen LogP contribution in [0.2, 0.25) is 0 Å². The van der Waals surface area contributed by atoms with Crippen LogP contribution in [-0.4, -0.2) is 46.2 Å². The molecule has 1 aliphatic rings. The van der Waals surface area contributed by atoms with Gasteiger partial charge in [0.05, 0.1) is 11.0 Å². The molecule has 7 nitrogen and oxygen atoms in total. The molecule has 1 atom stereocenters. The second-order valence-electron chi connectivity index (χ2n) is 7.43. The van der Waals surface area contributed by atoms with Crippen molar-refractivity contribution in [3.05, 3.63) is 29.8 Å². The van der Waals surface area contributed by atoms with E-state index in [1.807, 2.05) is 0 Å². The molecule has 1 saturated heterocycles. The fraction of sp³-hybridized carbons (Fsp3) is 0.611. The van der Waals surface area contributed by atoms with Gasteiger partial charge in [0, 0.05) is 32.3 Å². The van der Waals surface area contributed by atoms with E-state index in [0.29, 0.717) is 25.7 Å². The van der Waals surface area contributed by atoms with Gasteiger partial charge in [-0.3, -0.25) is 4.99 Å². The molecule has 0 aromatic heterocycles. The van der Waals surface area contributed by atoms with Gasteiger partial charge in [-0.05, 0) is 51.3 Å². The summed E-state index contributed by atoms with van der Waals surface area (Å²) in [6.07, 6.45) is 1.87. The van der Waals surface area contributed by atoms with Gasteiger partial charge >= 0.3 is 0 Å². The van der Waals surface area contributed by atoms with Crippen LogP contribution in [0.3, 0.4) is 0 Å². The average Bonchev–Trinajstić information content (AvgIpc) is 3.10. The highest BCUT2D eigenvalue weighted by Gasteiger charge is 2.20. The summed E-state index contributed by atoms with van der Waals surface area (Å²) in [5.41, 5.74) is 0.883. The lowest BCUT2D eigenvalue weighted by Crippen LogP contribution is -2.47. The van der Waals surface area contributed by atoms with E-state index in [-0.39, 0.29) is 16.5 Å². The molecular formula is C18H30N4O3S. The Morgan fingerprint density at radius 3 is 2.50 bits per heavy atom. The van der Waals surface area contributed by atoms with E-state index in [1.54, 1.807) is 31.3 Å². The Morgan fingerprint density at radius 2 is 1.96 bits per heavy atom. The minimum Gasteiger partial charge on any atom is -0.377 e. The highest BCUT2D eigenvalue weighted by Crippen LogP contribution is 2.14. The molecule has 26 heavy (non-hydrogen) atoms. The number of sulfonamides is 1. The topological polar surface area (TPSA) is 91.8 Å². The van der Waals surface area contributed by atoms with Crippen molar-refractivity contribution in [2.45, 2.75) is 56.7 Å². The molecule has 1 aromatic carbocycles. The standard InChI is InChI=1S/C18H30N4O3S/c1-18(2,3)22-17(19-4)20-12-14-7-9-16(10-8-14)26(23,24)21-13-15-6-5-11-25-15/h7-10,15,21H,5-6,11-13H2,1-4H3,(H2,19,20,22). The van der Waals surface area contributed by atoms with Gasteiger partial charge in [-0.1, -0.05) is 12.1 Å². The van der Waals surface area contributed by atoms with Crippen LogP contribution in [0.15, 0.2) is 34.2 Å². The first-order valence-corrected chi connectivity index (χ1v) is 10.4. The Labute approximate surface area is 156 Å². The maximum atomic E-state index is 12.4. The summed E-state index contributed by atoms with van der Waals surface area (Å²) in [5, 5.41) is 6.50. The summed E-state index contributed by atoms with van der Waals surface area (Å²) in [4.78, 5) is 4.44. The molecule has 1 aliphatic heterocycles. The third-order valence-electron chi connectivity index (χ3n) is 3.94. The Kier molecular flexibility index (Phi) is 7.02. The smallest absolute Gasteiger partial charge is 0.240 e. The van der Waals surface area contributed by atoms with Gasteiger partial charge in [-0.15, -0.1) is 0 Å². The third-order valence-corrected chi connectivity index (χ3v) is 5.38. The lowest BCUT2D eigenvalue weighted by molar-refractivity contribution is 0.114. The number of hydrogen-bond acceptors (Lipinski definition) is 4. The van der Waals surface area contributed by atoms with Crippen LogP contribution in [0, 0.1) is 0 Å². The first kappa shape index (κ1) is 20.7. The molecule has 0 radical (unpaired) electrons. The molecule has 1 unspecified atom stereocenters. The van der Waals surface area contributed by atoms with E-state index < -0.39 is 10.0 Å². The van der Waals surface area contributed by atoms with Gasteiger partial charge < -0.3 is 15.4 Å². The van der Waals surface area contributed by atoms with Crippen LogP contribution < -0.4 is 15.4 Å². The van der Waals surface area contributed by atoms with Gasteiger partial charge in [0.25, 0.3) is 0 Å². The first-order valence-electron chi connectivity index (χ1n) is 8.89. The molecule has 1 fully saturated rings. The van der Waals surface area contributed by atoms with Crippen LogP contribution in [-0.2, 0) is 21.3 Å². The number of aliphatic imine (C=N–C) groups is 1.